The Labute approximate surface area is 135 Å². The molecule has 0 fully saturated rings. The molecule has 0 saturated heterocycles. The third-order valence-corrected chi connectivity index (χ3v) is 3.42. The van der Waals surface area contributed by atoms with E-state index in [9.17, 15) is 9.90 Å². The van der Waals surface area contributed by atoms with Crippen molar-refractivity contribution in [2.75, 3.05) is 6.54 Å². The van der Waals surface area contributed by atoms with Crippen LogP contribution in [-0.2, 0) is 4.79 Å². The molecule has 0 aliphatic rings. The molecule has 2 rings (SSSR count). The van der Waals surface area contributed by atoms with Gasteiger partial charge in [-0.2, -0.15) is 4.68 Å². The lowest BCUT2D eigenvalue weighted by molar-refractivity contribution is -0.116. The highest BCUT2D eigenvalue weighted by atomic mass is 16.3. The van der Waals surface area contributed by atoms with Crippen LogP contribution >= 0.6 is 0 Å². The second kappa shape index (κ2) is 8.19. The average molecular weight is 315 g/mol. The highest BCUT2D eigenvalue weighted by Gasteiger charge is 2.16. The van der Waals surface area contributed by atoms with E-state index in [1.807, 2.05) is 37.3 Å². The van der Waals surface area contributed by atoms with Crippen LogP contribution in [-0.4, -0.2) is 43.9 Å². The van der Waals surface area contributed by atoms with Gasteiger partial charge in [-0.3, -0.25) is 4.79 Å². The number of carbonyl (C=O) groups is 1. The van der Waals surface area contributed by atoms with E-state index in [2.05, 4.69) is 20.8 Å². The van der Waals surface area contributed by atoms with Gasteiger partial charge >= 0.3 is 0 Å². The van der Waals surface area contributed by atoms with E-state index in [0.717, 1.165) is 5.56 Å². The first kappa shape index (κ1) is 16.8. The molecule has 0 bridgehead atoms. The third-order valence-electron chi connectivity index (χ3n) is 3.42. The topological polar surface area (TPSA) is 92.9 Å². The summed E-state index contributed by atoms with van der Waals surface area (Å²) < 4.78 is 1.40. The molecular weight excluding hydrogens is 294 g/mol. The van der Waals surface area contributed by atoms with Gasteiger partial charge in [-0.1, -0.05) is 37.3 Å². The van der Waals surface area contributed by atoms with Gasteiger partial charge in [-0.25, -0.2) is 0 Å². The minimum absolute atomic E-state index is 0.285. The molecule has 0 radical (unpaired) electrons. The predicted octanol–water partition coefficient (Wildman–Crippen LogP) is 1.26. The van der Waals surface area contributed by atoms with Crippen molar-refractivity contribution in [2.45, 2.75) is 32.8 Å². The number of aliphatic hydroxyl groups excluding tert-OH is 1. The molecule has 1 heterocycles. The highest BCUT2D eigenvalue weighted by molar-refractivity contribution is 6.18. The minimum atomic E-state index is -0.411. The van der Waals surface area contributed by atoms with Crippen molar-refractivity contribution in [1.82, 2.24) is 25.5 Å². The van der Waals surface area contributed by atoms with Crippen LogP contribution in [0.1, 0.15) is 31.2 Å². The lowest BCUT2D eigenvalue weighted by atomic mass is 10.2. The molecule has 122 valence electrons. The summed E-state index contributed by atoms with van der Waals surface area (Å²) in [5.41, 5.74) is 1.21. The molecule has 1 amide bonds. The standard InChI is InChI=1S/C16H21N5O2/c1-3-14(22)9-10-17-16(23)15(21-12(2)18-19-20-21)11-13-7-5-4-6-8-13/h4-8,11,14,22H,3,9-10H2,1-2H3,(H,17,23)/b15-11-. The molecule has 7 heteroatoms. The zero-order valence-electron chi connectivity index (χ0n) is 13.3. The molecule has 0 spiro atoms. The van der Waals surface area contributed by atoms with Crippen molar-refractivity contribution in [2.24, 2.45) is 0 Å². The molecule has 1 atom stereocenters. The van der Waals surface area contributed by atoms with Crippen molar-refractivity contribution in [3.8, 4) is 0 Å². The van der Waals surface area contributed by atoms with Crippen molar-refractivity contribution < 1.29 is 9.90 Å². The predicted molar refractivity (Wildman–Crippen MR) is 87.1 cm³/mol. The summed E-state index contributed by atoms with van der Waals surface area (Å²) in [6.45, 7) is 4.02. The summed E-state index contributed by atoms with van der Waals surface area (Å²) in [4.78, 5) is 12.5. The largest absolute Gasteiger partial charge is 0.393 e. The summed E-state index contributed by atoms with van der Waals surface area (Å²) in [5, 5.41) is 23.7. The first-order chi connectivity index (χ1) is 11.1. The van der Waals surface area contributed by atoms with Gasteiger partial charge < -0.3 is 10.4 Å². The molecule has 23 heavy (non-hydrogen) atoms. The number of hydrogen-bond donors (Lipinski definition) is 2. The number of nitrogens with zero attached hydrogens (tertiary/aromatic N) is 4. The van der Waals surface area contributed by atoms with E-state index >= 15 is 0 Å². The summed E-state index contributed by atoms with van der Waals surface area (Å²) in [6, 6.07) is 9.49. The SMILES string of the molecule is CCC(O)CCNC(=O)/C(=C/c1ccccc1)n1nnnc1C. The Morgan fingerprint density at radius 1 is 1.39 bits per heavy atom. The molecule has 1 aromatic heterocycles. The second-order valence-electron chi connectivity index (χ2n) is 5.18. The zero-order valence-corrected chi connectivity index (χ0v) is 13.3. The summed E-state index contributed by atoms with van der Waals surface area (Å²) in [7, 11) is 0. The molecule has 2 N–H and O–H groups in total. The zero-order chi connectivity index (χ0) is 16.7. The Hall–Kier alpha value is -2.54. The number of amides is 1. The molecule has 0 aliphatic carbocycles. The molecule has 2 aromatic rings. The number of hydrogen-bond acceptors (Lipinski definition) is 5. The fourth-order valence-corrected chi connectivity index (χ4v) is 2.03. The van der Waals surface area contributed by atoms with Gasteiger partial charge in [0.05, 0.1) is 6.10 Å². The van der Waals surface area contributed by atoms with Gasteiger partial charge in [0.25, 0.3) is 5.91 Å². The Kier molecular flexibility index (Phi) is 5.99. The van der Waals surface area contributed by atoms with E-state index in [4.69, 9.17) is 0 Å². The fraction of sp³-hybridized carbons (Fsp3) is 0.375. The van der Waals surface area contributed by atoms with Gasteiger partial charge in [-0.15, -0.1) is 5.10 Å². The van der Waals surface area contributed by atoms with E-state index < -0.39 is 6.10 Å². The van der Waals surface area contributed by atoms with Gasteiger partial charge in [0.1, 0.15) is 5.70 Å². The number of tetrazole rings is 1. The summed E-state index contributed by atoms with van der Waals surface area (Å²) in [6.07, 6.45) is 2.49. The van der Waals surface area contributed by atoms with Gasteiger partial charge in [0, 0.05) is 6.54 Å². The number of benzene rings is 1. The summed E-state index contributed by atoms with van der Waals surface area (Å²) >= 11 is 0. The molecule has 0 saturated carbocycles. The van der Waals surface area contributed by atoms with Crippen LogP contribution < -0.4 is 5.32 Å². The van der Waals surface area contributed by atoms with Crippen molar-refractivity contribution in [3.05, 3.63) is 41.7 Å². The van der Waals surface area contributed by atoms with Crippen molar-refractivity contribution in [1.29, 1.82) is 0 Å². The van der Waals surface area contributed by atoms with Crippen LogP contribution in [0.3, 0.4) is 0 Å². The fourth-order valence-electron chi connectivity index (χ4n) is 2.03. The minimum Gasteiger partial charge on any atom is -0.393 e. The van der Waals surface area contributed by atoms with Gasteiger partial charge in [0.15, 0.2) is 5.82 Å². The summed E-state index contributed by atoms with van der Waals surface area (Å²) in [5.74, 6) is 0.239. The van der Waals surface area contributed by atoms with Crippen LogP contribution in [0.2, 0.25) is 0 Å². The highest BCUT2D eigenvalue weighted by Crippen LogP contribution is 2.12. The Morgan fingerprint density at radius 3 is 2.74 bits per heavy atom. The Balaban J connectivity index is 2.19. The van der Waals surface area contributed by atoms with Crippen molar-refractivity contribution >= 4 is 17.7 Å². The number of aromatic nitrogens is 4. The van der Waals surface area contributed by atoms with Crippen molar-refractivity contribution in [3.63, 3.8) is 0 Å². The maximum atomic E-state index is 12.5. The monoisotopic (exact) mass is 315 g/mol. The first-order valence-corrected chi connectivity index (χ1v) is 7.60. The van der Waals surface area contributed by atoms with Crippen LogP contribution in [0.25, 0.3) is 11.8 Å². The lowest BCUT2D eigenvalue weighted by Gasteiger charge is -2.11. The average Bonchev–Trinajstić information content (AvgIpc) is 2.99. The van der Waals surface area contributed by atoms with E-state index in [-0.39, 0.29) is 5.91 Å². The second-order valence-corrected chi connectivity index (χ2v) is 5.18. The quantitative estimate of drug-likeness (QED) is 0.750. The first-order valence-electron chi connectivity index (χ1n) is 7.60. The van der Waals surface area contributed by atoms with Crippen LogP contribution in [0, 0.1) is 6.92 Å². The number of aliphatic hydroxyl groups is 1. The molecule has 0 aliphatic heterocycles. The third kappa shape index (κ3) is 4.72. The normalized spacial score (nSPS) is 12.9. The number of aryl methyl sites for hydroxylation is 1. The smallest absolute Gasteiger partial charge is 0.270 e. The Bertz CT molecular complexity index is 666. The lowest BCUT2D eigenvalue weighted by Crippen LogP contribution is -2.30. The number of nitrogens with one attached hydrogen (secondary N) is 1. The maximum Gasteiger partial charge on any atom is 0.270 e. The Morgan fingerprint density at radius 2 is 2.13 bits per heavy atom. The number of carbonyl (C=O) groups excluding carboxylic acids is 1. The number of rotatable bonds is 7. The van der Waals surface area contributed by atoms with Crippen LogP contribution in [0.15, 0.2) is 30.3 Å². The van der Waals surface area contributed by atoms with E-state index in [1.165, 1.54) is 4.68 Å². The van der Waals surface area contributed by atoms with Crippen LogP contribution in [0.5, 0.6) is 0 Å². The van der Waals surface area contributed by atoms with E-state index in [0.29, 0.717) is 30.9 Å². The van der Waals surface area contributed by atoms with E-state index in [1.54, 1.807) is 13.0 Å². The maximum absolute atomic E-state index is 12.5. The van der Waals surface area contributed by atoms with Crippen LogP contribution in [0.4, 0.5) is 0 Å². The molecule has 1 unspecified atom stereocenters. The van der Waals surface area contributed by atoms with Gasteiger partial charge in [0.2, 0.25) is 0 Å². The molecule has 7 nitrogen and oxygen atoms in total. The molecular formula is C16H21N5O2. The molecule has 1 aromatic carbocycles. The van der Waals surface area contributed by atoms with Gasteiger partial charge in [-0.05, 0) is 41.8 Å².